The zero-order valence-corrected chi connectivity index (χ0v) is 30.7. The van der Waals surface area contributed by atoms with Crippen molar-refractivity contribution in [1.29, 1.82) is 0 Å². The Balaban J connectivity index is 1.22. The molecule has 10 aromatic rings. The average Bonchev–Trinajstić information content (AvgIpc) is 3.67. The van der Waals surface area contributed by atoms with Gasteiger partial charge in [-0.1, -0.05) is 188 Å². The van der Waals surface area contributed by atoms with Crippen molar-refractivity contribution < 1.29 is 4.42 Å². The topological polar surface area (TPSA) is 16.4 Å². The summed E-state index contributed by atoms with van der Waals surface area (Å²) in [7, 11) is 0. The number of rotatable bonds is 8. The van der Waals surface area contributed by atoms with Crippen molar-refractivity contribution in [3.63, 3.8) is 0 Å². The van der Waals surface area contributed by atoms with Gasteiger partial charge in [-0.05, 0) is 86.5 Å². The zero-order chi connectivity index (χ0) is 37.3. The molecule has 2 heteroatoms. The minimum atomic E-state index is 0.853. The molecule has 0 aliphatic heterocycles. The Labute approximate surface area is 327 Å². The van der Waals surface area contributed by atoms with Crippen LogP contribution in [0.2, 0.25) is 0 Å². The van der Waals surface area contributed by atoms with Gasteiger partial charge >= 0.3 is 0 Å². The first-order valence-electron chi connectivity index (χ1n) is 19.1. The number of nitrogens with zero attached hydrogens (tertiary/aromatic N) is 1. The molecular weight excluding hydrogens is 679 g/mol. The lowest BCUT2D eigenvalue weighted by Gasteiger charge is -2.29. The van der Waals surface area contributed by atoms with Crippen LogP contribution in [-0.2, 0) is 0 Å². The molecular formula is C54H37NO. The van der Waals surface area contributed by atoms with Gasteiger partial charge in [0.1, 0.15) is 5.58 Å². The minimum Gasteiger partial charge on any atom is -0.454 e. The van der Waals surface area contributed by atoms with E-state index in [1.165, 1.54) is 38.9 Å². The zero-order valence-electron chi connectivity index (χ0n) is 30.7. The van der Waals surface area contributed by atoms with Gasteiger partial charge in [0.2, 0.25) is 0 Å². The lowest BCUT2D eigenvalue weighted by molar-refractivity contribution is 0.669. The van der Waals surface area contributed by atoms with E-state index in [9.17, 15) is 0 Å². The first-order valence-corrected chi connectivity index (χ1v) is 19.1. The number of hydrogen-bond acceptors (Lipinski definition) is 2. The maximum atomic E-state index is 6.72. The van der Waals surface area contributed by atoms with Crippen LogP contribution in [0, 0.1) is 0 Å². The fourth-order valence-corrected chi connectivity index (χ4v) is 8.06. The van der Waals surface area contributed by atoms with Crippen LogP contribution < -0.4 is 4.90 Å². The van der Waals surface area contributed by atoms with Crippen molar-refractivity contribution in [2.45, 2.75) is 0 Å². The Morgan fingerprint density at radius 1 is 0.304 bits per heavy atom. The fourth-order valence-electron chi connectivity index (χ4n) is 8.06. The Morgan fingerprint density at radius 3 is 1.48 bits per heavy atom. The molecule has 10 rings (SSSR count). The van der Waals surface area contributed by atoms with Crippen molar-refractivity contribution in [2.75, 3.05) is 4.90 Å². The summed E-state index contributed by atoms with van der Waals surface area (Å²) in [5, 5.41) is 2.20. The standard InChI is InChI=1S/C54H37NO/c1-5-17-38(18-6-1)39-31-34-44(35-32-39)55(51-29-16-28-48-47-25-13-14-30-52(47)56-54(48)51)50-36-33-43(37-49(50)41-21-9-3-10-22-41)46-27-15-26-45(40-19-7-2-8-20-40)53(46)42-23-11-4-12-24-42/h1-37H. The van der Waals surface area contributed by atoms with Gasteiger partial charge in [-0.15, -0.1) is 0 Å². The minimum absolute atomic E-state index is 0.853. The third-order valence-electron chi connectivity index (χ3n) is 10.7. The quantitative estimate of drug-likeness (QED) is 0.156. The highest BCUT2D eigenvalue weighted by Gasteiger charge is 2.23. The van der Waals surface area contributed by atoms with Crippen LogP contribution in [0.15, 0.2) is 229 Å². The van der Waals surface area contributed by atoms with Crippen LogP contribution in [0.4, 0.5) is 17.1 Å². The van der Waals surface area contributed by atoms with E-state index < -0.39 is 0 Å². The first kappa shape index (κ1) is 33.2. The van der Waals surface area contributed by atoms with E-state index in [1.54, 1.807) is 0 Å². The fraction of sp³-hybridized carbons (Fsp3) is 0. The highest BCUT2D eigenvalue weighted by Crippen LogP contribution is 2.48. The number of para-hydroxylation sites is 2. The smallest absolute Gasteiger partial charge is 0.159 e. The predicted octanol–water partition coefficient (Wildman–Crippen LogP) is 15.4. The number of furan rings is 1. The van der Waals surface area contributed by atoms with Crippen molar-refractivity contribution in [1.82, 2.24) is 0 Å². The summed E-state index contributed by atoms with van der Waals surface area (Å²) in [6.45, 7) is 0. The Hall–Kier alpha value is -7.42. The highest BCUT2D eigenvalue weighted by atomic mass is 16.3. The molecule has 0 atom stereocenters. The summed E-state index contributed by atoms with van der Waals surface area (Å²) in [6.07, 6.45) is 0. The van der Waals surface area contributed by atoms with Crippen LogP contribution in [0.1, 0.15) is 0 Å². The van der Waals surface area contributed by atoms with Gasteiger partial charge in [-0.3, -0.25) is 0 Å². The summed E-state index contributed by atoms with van der Waals surface area (Å²) in [5.74, 6) is 0. The summed E-state index contributed by atoms with van der Waals surface area (Å²) in [6, 6.07) is 80.0. The summed E-state index contributed by atoms with van der Waals surface area (Å²) in [4.78, 5) is 2.37. The number of anilines is 3. The molecule has 264 valence electrons. The van der Waals surface area contributed by atoms with Gasteiger partial charge in [-0.25, -0.2) is 0 Å². The number of benzene rings is 9. The molecule has 56 heavy (non-hydrogen) atoms. The van der Waals surface area contributed by atoms with E-state index in [0.717, 1.165) is 55.7 Å². The highest BCUT2D eigenvalue weighted by molar-refractivity contribution is 6.11. The second-order valence-corrected chi connectivity index (χ2v) is 14.1. The van der Waals surface area contributed by atoms with E-state index in [4.69, 9.17) is 4.42 Å². The van der Waals surface area contributed by atoms with Gasteiger partial charge in [0.25, 0.3) is 0 Å². The largest absolute Gasteiger partial charge is 0.454 e. The van der Waals surface area contributed by atoms with Crippen molar-refractivity contribution in [3.05, 3.63) is 224 Å². The molecule has 0 saturated carbocycles. The lowest BCUT2D eigenvalue weighted by Crippen LogP contribution is -2.11. The van der Waals surface area contributed by atoms with Crippen LogP contribution >= 0.6 is 0 Å². The number of hydrogen-bond donors (Lipinski definition) is 0. The molecule has 0 N–H and O–H groups in total. The molecule has 0 aliphatic rings. The maximum absolute atomic E-state index is 6.72. The monoisotopic (exact) mass is 715 g/mol. The molecule has 2 nitrogen and oxygen atoms in total. The summed E-state index contributed by atoms with van der Waals surface area (Å²) in [5.41, 5.74) is 16.5. The van der Waals surface area contributed by atoms with Gasteiger partial charge in [0.15, 0.2) is 5.58 Å². The Kier molecular flexibility index (Phi) is 8.55. The van der Waals surface area contributed by atoms with Gasteiger partial charge in [0.05, 0.1) is 11.4 Å². The second-order valence-electron chi connectivity index (χ2n) is 14.1. The molecule has 0 aliphatic carbocycles. The van der Waals surface area contributed by atoms with Crippen molar-refractivity contribution in [2.24, 2.45) is 0 Å². The van der Waals surface area contributed by atoms with Crippen LogP contribution in [0.5, 0.6) is 0 Å². The lowest BCUT2D eigenvalue weighted by atomic mass is 9.86. The van der Waals surface area contributed by atoms with Crippen LogP contribution in [0.3, 0.4) is 0 Å². The van der Waals surface area contributed by atoms with Gasteiger partial charge in [0, 0.05) is 22.0 Å². The van der Waals surface area contributed by atoms with E-state index in [0.29, 0.717) is 0 Å². The van der Waals surface area contributed by atoms with Gasteiger partial charge in [-0.2, -0.15) is 0 Å². The molecule has 0 bridgehead atoms. The summed E-state index contributed by atoms with van der Waals surface area (Å²) >= 11 is 0. The first-order chi connectivity index (χ1) is 27.8. The van der Waals surface area contributed by atoms with Crippen molar-refractivity contribution >= 4 is 39.0 Å². The molecule has 9 aromatic carbocycles. The molecule has 0 unspecified atom stereocenters. The third-order valence-corrected chi connectivity index (χ3v) is 10.7. The molecule has 0 amide bonds. The van der Waals surface area contributed by atoms with E-state index >= 15 is 0 Å². The number of fused-ring (bicyclic) bond motifs is 3. The average molecular weight is 716 g/mol. The normalized spacial score (nSPS) is 11.2. The molecule has 1 aromatic heterocycles. The Morgan fingerprint density at radius 2 is 0.804 bits per heavy atom. The van der Waals surface area contributed by atoms with E-state index in [2.05, 4.69) is 223 Å². The van der Waals surface area contributed by atoms with E-state index in [-0.39, 0.29) is 0 Å². The Bertz CT molecular complexity index is 2930. The van der Waals surface area contributed by atoms with Crippen LogP contribution in [0.25, 0.3) is 77.6 Å². The van der Waals surface area contributed by atoms with E-state index in [1.807, 2.05) is 6.07 Å². The molecule has 0 fully saturated rings. The molecule has 1 heterocycles. The molecule has 0 spiro atoms. The van der Waals surface area contributed by atoms with Crippen molar-refractivity contribution in [3.8, 4) is 55.6 Å². The predicted molar refractivity (Wildman–Crippen MR) is 236 cm³/mol. The van der Waals surface area contributed by atoms with Crippen LogP contribution in [-0.4, -0.2) is 0 Å². The molecule has 0 saturated heterocycles. The molecule has 0 radical (unpaired) electrons. The second kappa shape index (κ2) is 14.4. The maximum Gasteiger partial charge on any atom is 0.159 e. The SMILES string of the molecule is c1ccc(-c2ccc(N(c3ccc(-c4cccc(-c5ccccc5)c4-c4ccccc4)cc3-c3ccccc3)c3cccc4c3oc3ccccc34)cc2)cc1. The third kappa shape index (κ3) is 6.04. The van der Waals surface area contributed by atoms with Gasteiger partial charge < -0.3 is 9.32 Å². The summed E-state index contributed by atoms with van der Waals surface area (Å²) < 4.78 is 6.72.